The Morgan fingerprint density at radius 3 is 2.68 bits per heavy atom. The molecular formula is C15H27N3O. The van der Waals surface area contributed by atoms with Gasteiger partial charge in [-0.3, -0.25) is 4.90 Å². The fourth-order valence-electron chi connectivity index (χ4n) is 2.35. The van der Waals surface area contributed by atoms with Gasteiger partial charge < -0.3 is 10.1 Å². The van der Waals surface area contributed by atoms with Crippen molar-refractivity contribution in [3.63, 3.8) is 0 Å². The van der Waals surface area contributed by atoms with E-state index in [4.69, 9.17) is 4.74 Å². The Labute approximate surface area is 117 Å². The third kappa shape index (κ3) is 5.17. The van der Waals surface area contributed by atoms with Crippen LogP contribution in [0.3, 0.4) is 0 Å². The molecule has 0 aliphatic carbocycles. The largest absolute Gasteiger partial charge is 0.383 e. The lowest BCUT2D eigenvalue weighted by Crippen LogP contribution is -2.36. The van der Waals surface area contributed by atoms with Gasteiger partial charge in [0.1, 0.15) is 5.82 Å². The van der Waals surface area contributed by atoms with E-state index < -0.39 is 0 Å². The molecule has 0 saturated carbocycles. The summed E-state index contributed by atoms with van der Waals surface area (Å²) in [5.41, 5.74) is 1.29. The maximum Gasteiger partial charge on any atom is 0.125 e. The summed E-state index contributed by atoms with van der Waals surface area (Å²) in [6.07, 6.45) is 4.21. The van der Waals surface area contributed by atoms with Crippen molar-refractivity contribution in [2.45, 2.75) is 39.3 Å². The first kappa shape index (κ1) is 15.9. The van der Waals surface area contributed by atoms with Crippen molar-refractivity contribution in [2.75, 3.05) is 32.6 Å². The standard InChI is InChI=1S/C15H27N3O/c1-5-14(6-2)18(9-10-19-4)12-13-7-8-17-15(11-13)16-3/h7-8,11,14H,5-6,9-10,12H2,1-4H3,(H,16,17). The predicted octanol–water partition coefficient (Wildman–Crippen LogP) is 2.76. The average Bonchev–Trinajstić information content (AvgIpc) is 2.46. The number of anilines is 1. The fraction of sp³-hybridized carbons (Fsp3) is 0.667. The van der Waals surface area contributed by atoms with Gasteiger partial charge in [0.2, 0.25) is 0 Å². The van der Waals surface area contributed by atoms with Crippen LogP contribution in [0.1, 0.15) is 32.3 Å². The lowest BCUT2D eigenvalue weighted by Gasteiger charge is -2.30. The quantitative estimate of drug-likeness (QED) is 0.745. The molecule has 4 heteroatoms. The Bertz CT molecular complexity index is 353. The maximum atomic E-state index is 5.23. The van der Waals surface area contributed by atoms with Crippen LogP contribution in [-0.2, 0) is 11.3 Å². The Morgan fingerprint density at radius 1 is 1.37 bits per heavy atom. The molecule has 19 heavy (non-hydrogen) atoms. The van der Waals surface area contributed by atoms with Crippen LogP contribution in [0, 0.1) is 0 Å². The number of hydrogen-bond donors (Lipinski definition) is 1. The fourth-order valence-corrected chi connectivity index (χ4v) is 2.35. The van der Waals surface area contributed by atoms with Crippen molar-refractivity contribution in [1.82, 2.24) is 9.88 Å². The molecule has 0 spiro atoms. The van der Waals surface area contributed by atoms with Gasteiger partial charge in [-0.1, -0.05) is 13.8 Å². The van der Waals surface area contributed by atoms with Crippen LogP contribution in [0.15, 0.2) is 18.3 Å². The van der Waals surface area contributed by atoms with Gasteiger partial charge in [-0.05, 0) is 30.5 Å². The van der Waals surface area contributed by atoms with Gasteiger partial charge >= 0.3 is 0 Å². The predicted molar refractivity (Wildman–Crippen MR) is 80.4 cm³/mol. The molecule has 0 unspecified atom stereocenters. The van der Waals surface area contributed by atoms with Crippen molar-refractivity contribution >= 4 is 5.82 Å². The number of nitrogens with zero attached hydrogens (tertiary/aromatic N) is 2. The number of rotatable bonds is 9. The van der Waals surface area contributed by atoms with Crippen LogP contribution in [0.4, 0.5) is 5.82 Å². The number of methoxy groups -OCH3 is 1. The highest BCUT2D eigenvalue weighted by Crippen LogP contribution is 2.15. The molecule has 1 aromatic rings. The Morgan fingerprint density at radius 2 is 2.11 bits per heavy atom. The zero-order valence-corrected chi connectivity index (χ0v) is 12.6. The summed E-state index contributed by atoms with van der Waals surface area (Å²) in [7, 11) is 3.66. The number of aromatic nitrogens is 1. The summed E-state index contributed by atoms with van der Waals surface area (Å²) in [5.74, 6) is 0.925. The second-order valence-corrected chi connectivity index (χ2v) is 4.73. The van der Waals surface area contributed by atoms with E-state index in [1.807, 2.05) is 13.2 Å². The van der Waals surface area contributed by atoms with Crippen LogP contribution in [0.5, 0.6) is 0 Å². The zero-order valence-electron chi connectivity index (χ0n) is 12.6. The summed E-state index contributed by atoms with van der Waals surface area (Å²) >= 11 is 0. The number of hydrogen-bond acceptors (Lipinski definition) is 4. The van der Waals surface area contributed by atoms with E-state index in [9.17, 15) is 0 Å². The molecule has 0 aliphatic rings. The minimum absolute atomic E-state index is 0.612. The highest BCUT2D eigenvalue weighted by atomic mass is 16.5. The van der Waals surface area contributed by atoms with Crippen molar-refractivity contribution < 1.29 is 4.74 Å². The van der Waals surface area contributed by atoms with Crippen molar-refractivity contribution in [3.05, 3.63) is 23.9 Å². The van der Waals surface area contributed by atoms with Gasteiger partial charge in [-0.25, -0.2) is 4.98 Å². The Hall–Kier alpha value is -1.13. The third-order valence-corrected chi connectivity index (χ3v) is 3.51. The van der Waals surface area contributed by atoms with E-state index in [0.29, 0.717) is 6.04 Å². The SMILES string of the molecule is CCC(CC)N(CCOC)Cc1ccnc(NC)c1. The van der Waals surface area contributed by atoms with E-state index >= 15 is 0 Å². The number of pyridine rings is 1. The van der Waals surface area contributed by atoms with Crippen molar-refractivity contribution in [1.29, 1.82) is 0 Å². The van der Waals surface area contributed by atoms with Gasteiger partial charge in [0.25, 0.3) is 0 Å². The van der Waals surface area contributed by atoms with E-state index in [1.54, 1.807) is 7.11 Å². The number of nitrogens with one attached hydrogen (secondary N) is 1. The van der Waals surface area contributed by atoms with E-state index in [2.05, 4.69) is 41.2 Å². The summed E-state index contributed by atoms with van der Waals surface area (Å²) in [6, 6.07) is 4.81. The average molecular weight is 265 g/mol. The second kappa shape index (κ2) is 8.88. The van der Waals surface area contributed by atoms with Gasteiger partial charge in [-0.15, -0.1) is 0 Å². The van der Waals surface area contributed by atoms with Gasteiger partial charge in [0.05, 0.1) is 6.61 Å². The van der Waals surface area contributed by atoms with Crippen LogP contribution in [0.25, 0.3) is 0 Å². The van der Waals surface area contributed by atoms with Crippen molar-refractivity contribution in [2.24, 2.45) is 0 Å². The van der Waals surface area contributed by atoms with Gasteiger partial charge in [0, 0.05) is 39.5 Å². The summed E-state index contributed by atoms with van der Waals surface area (Å²) in [5, 5.41) is 3.09. The first-order chi connectivity index (χ1) is 9.24. The van der Waals surface area contributed by atoms with Crippen LogP contribution < -0.4 is 5.32 Å². The van der Waals surface area contributed by atoms with Gasteiger partial charge in [0.15, 0.2) is 0 Å². The van der Waals surface area contributed by atoms with Crippen LogP contribution in [0.2, 0.25) is 0 Å². The van der Waals surface area contributed by atoms with E-state index in [-0.39, 0.29) is 0 Å². The first-order valence-corrected chi connectivity index (χ1v) is 7.10. The third-order valence-electron chi connectivity index (χ3n) is 3.51. The molecule has 1 aromatic heterocycles. The topological polar surface area (TPSA) is 37.4 Å². The number of ether oxygens (including phenoxy) is 1. The molecule has 0 saturated heterocycles. The Balaban J connectivity index is 2.74. The highest BCUT2D eigenvalue weighted by Gasteiger charge is 2.15. The molecule has 0 radical (unpaired) electrons. The molecule has 0 atom stereocenters. The minimum Gasteiger partial charge on any atom is -0.383 e. The van der Waals surface area contributed by atoms with Gasteiger partial charge in [-0.2, -0.15) is 0 Å². The first-order valence-electron chi connectivity index (χ1n) is 7.10. The summed E-state index contributed by atoms with van der Waals surface area (Å²) in [4.78, 5) is 6.76. The van der Waals surface area contributed by atoms with Crippen LogP contribution >= 0.6 is 0 Å². The monoisotopic (exact) mass is 265 g/mol. The summed E-state index contributed by atoms with van der Waals surface area (Å²) < 4.78 is 5.23. The highest BCUT2D eigenvalue weighted by molar-refractivity contribution is 5.36. The lowest BCUT2D eigenvalue weighted by molar-refractivity contribution is 0.110. The zero-order chi connectivity index (χ0) is 14.1. The van der Waals surface area contributed by atoms with Crippen LogP contribution in [-0.4, -0.2) is 43.2 Å². The molecule has 1 rings (SSSR count). The molecule has 0 aliphatic heterocycles. The lowest BCUT2D eigenvalue weighted by atomic mass is 10.1. The molecule has 0 fully saturated rings. The molecule has 1 N–H and O–H groups in total. The molecule has 0 aromatic carbocycles. The smallest absolute Gasteiger partial charge is 0.125 e. The molecule has 1 heterocycles. The molecule has 108 valence electrons. The minimum atomic E-state index is 0.612. The van der Waals surface area contributed by atoms with E-state index in [1.165, 1.54) is 18.4 Å². The Kier molecular flexibility index (Phi) is 7.45. The molecular weight excluding hydrogens is 238 g/mol. The normalized spacial score (nSPS) is 11.3. The second-order valence-electron chi connectivity index (χ2n) is 4.73. The molecule has 0 amide bonds. The molecule has 4 nitrogen and oxygen atoms in total. The van der Waals surface area contributed by atoms with Crippen molar-refractivity contribution in [3.8, 4) is 0 Å². The summed E-state index contributed by atoms with van der Waals surface area (Å²) in [6.45, 7) is 7.20. The van der Waals surface area contributed by atoms with E-state index in [0.717, 1.165) is 25.5 Å². The molecule has 0 bridgehead atoms. The maximum absolute atomic E-state index is 5.23.